The number of hydrogen-bond donors (Lipinski definition) is 2. The Hall–Kier alpha value is -1.59. The lowest BCUT2D eigenvalue weighted by Crippen LogP contribution is -2.41. The van der Waals surface area contributed by atoms with Crippen molar-refractivity contribution >= 4 is 5.91 Å². The van der Waals surface area contributed by atoms with Gasteiger partial charge < -0.3 is 20.5 Å². The van der Waals surface area contributed by atoms with Crippen molar-refractivity contribution in [3.8, 4) is 5.75 Å². The summed E-state index contributed by atoms with van der Waals surface area (Å²) in [5.41, 5.74) is 7.78. The van der Waals surface area contributed by atoms with E-state index in [1.165, 1.54) is 6.42 Å². The molecule has 0 bridgehead atoms. The van der Waals surface area contributed by atoms with Gasteiger partial charge in [0.2, 0.25) is 0 Å². The molecule has 1 amide bonds. The Morgan fingerprint density at radius 1 is 1.48 bits per heavy atom. The highest BCUT2D eigenvalue weighted by Gasteiger charge is 2.38. The van der Waals surface area contributed by atoms with Crippen molar-refractivity contribution in [2.75, 3.05) is 20.3 Å². The molecule has 1 aliphatic carbocycles. The fourth-order valence-electron chi connectivity index (χ4n) is 3.08. The molecule has 1 aromatic carbocycles. The maximum Gasteiger partial charge on any atom is 0.255 e. The van der Waals surface area contributed by atoms with Crippen molar-refractivity contribution < 1.29 is 14.3 Å². The maximum absolute atomic E-state index is 12.0. The van der Waals surface area contributed by atoms with Gasteiger partial charge in [0.15, 0.2) is 0 Å². The standard InChI is InChI=1S/C16H22N2O3/c1-20-16(5-2-6-16)10-13(17)11-3-4-14-12(9-11)15(19)18-7-8-21-14/h3-4,9,13H,2,5-8,10,17H2,1H3,(H,18,19). The minimum atomic E-state index is -0.133. The molecule has 1 atom stereocenters. The number of benzene rings is 1. The summed E-state index contributed by atoms with van der Waals surface area (Å²) >= 11 is 0. The van der Waals surface area contributed by atoms with Crippen molar-refractivity contribution in [3.63, 3.8) is 0 Å². The highest BCUT2D eigenvalue weighted by atomic mass is 16.5. The summed E-state index contributed by atoms with van der Waals surface area (Å²) in [6.45, 7) is 1.03. The summed E-state index contributed by atoms with van der Waals surface area (Å²) in [7, 11) is 1.75. The Morgan fingerprint density at radius 2 is 2.29 bits per heavy atom. The third-order valence-corrected chi connectivity index (χ3v) is 4.61. The molecule has 1 unspecified atom stereocenters. The fourth-order valence-corrected chi connectivity index (χ4v) is 3.08. The number of nitrogens with two attached hydrogens (primary N) is 1. The van der Waals surface area contributed by atoms with E-state index >= 15 is 0 Å². The molecule has 1 aromatic rings. The molecule has 1 aliphatic heterocycles. The summed E-state index contributed by atoms with van der Waals surface area (Å²) in [5, 5.41) is 2.82. The molecule has 1 heterocycles. The summed E-state index contributed by atoms with van der Waals surface area (Å²) in [6, 6.07) is 5.51. The third kappa shape index (κ3) is 2.76. The third-order valence-electron chi connectivity index (χ3n) is 4.61. The molecule has 5 nitrogen and oxygen atoms in total. The predicted molar refractivity (Wildman–Crippen MR) is 79.4 cm³/mol. The van der Waals surface area contributed by atoms with E-state index in [1.807, 2.05) is 18.2 Å². The van der Waals surface area contributed by atoms with Crippen LogP contribution in [0.1, 0.15) is 47.6 Å². The van der Waals surface area contributed by atoms with Crippen LogP contribution in [0.2, 0.25) is 0 Å². The van der Waals surface area contributed by atoms with E-state index < -0.39 is 0 Å². The summed E-state index contributed by atoms with van der Waals surface area (Å²) in [6.07, 6.45) is 4.10. The van der Waals surface area contributed by atoms with Crippen LogP contribution in [0.15, 0.2) is 18.2 Å². The lowest BCUT2D eigenvalue weighted by atomic mass is 9.75. The number of carbonyl (C=O) groups excluding carboxylic acids is 1. The molecule has 1 saturated carbocycles. The fraction of sp³-hybridized carbons (Fsp3) is 0.562. The molecule has 0 saturated heterocycles. The molecule has 0 radical (unpaired) electrons. The quantitative estimate of drug-likeness (QED) is 0.886. The van der Waals surface area contributed by atoms with Crippen molar-refractivity contribution in [2.24, 2.45) is 5.73 Å². The summed E-state index contributed by atoms with van der Waals surface area (Å²) in [4.78, 5) is 12.0. The number of fused-ring (bicyclic) bond motifs is 1. The van der Waals surface area contributed by atoms with E-state index in [1.54, 1.807) is 7.11 Å². The van der Waals surface area contributed by atoms with Gasteiger partial charge in [-0.15, -0.1) is 0 Å². The van der Waals surface area contributed by atoms with Gasteiger partial charge in [-0.1, -0.05) is 6.07 Å². The smallest absolute Gasteiger partial charge is 0.255 e. The van der Waals surface area contributed by atoms with E-state index in [-0.39, 0.29) is 17.6 Å². The van der Waals surface area contributed by atoms with Crippen LogP contribution >= 0.6 is 0 Å². The summed E-state index contributed by atoms with van der Waals surface area (Å²) < 4.78 is 11.2. The van der Waals surface area contributed by atoms with Crippen LogP contribution in [0.4, 0.5) is 0 Å². The highest BCUT2D eigenvalue weighted by Crippen LogP contribution is 2.41. The number of rotatable bonds is 4. The number of carbonyl (C=O) groups is 1. The van der Waals surface area contributed by atoms with Gasteiger partial charge in [-0.05, 0) is 43.4 Å². The van der Waals surface area contributed by atoms with E-state index in [9.17, 15) is 4.79 Å². The second kappa shape index (κ2) is 5.66. The van der Waals surface area contributed by atoms with Gasteiger partial charge in [0.05, 0.1) is 17.7 Å². The Bertz CT molecular complexity index is 535. The van der Waals surface area contributed by atoms with Crippen molar-refractivity contribution in [3.05, 3.63) is 29.3 Å². The van der Waals surface area contributed by atoms with Crippen LogP contribution < -0.4 is 15.8 Å². The Balaban J connectivity index is 1.81. The van der Waals surface area contributed by atoms with Crippen LogP contribution in [0, 0.1) is 0 Å². The first-order valence-corrected chi connectivity index (χ1v) is 7.49. The zero-order chi connectivity index (χ0) is 14.9. The Labute approximate surface area is 124 Å². The Morgan fingerprint density at radius 3 is 2.95 bits per heavy atom. The lowest BCUT2D eigenvalue weighted by Gasteiger charge is -2.42. The van der Waals surface area contributed by atoms with Crippen LogP contribution in [-0.4, -0.2) is 31.8 Å². The SMILES string of the molecule is COC1(CC(N)c2ccc3c(c2)C(=O)NCCO3)CCC1. The van der Waals surface area contributed by atoms with E-state index in [4.69, 9.17) is 15.2 Å². The van der Waals surface area contributed by atoms with Crippen LogP contribution in [-0.2, 0) is 4.74 Å². The molecule has 1 fully saturated rings. The average Bonchev–Trinajstić information content (AvgIpc) is 2.64. The molecular weight excluding hydrogens is 268 g/mol. The molecule has 0 spiro atoms. The minimum absolute atomic E-state index is 0.0784. The molecule has 2 aliphatic rings. The zero-order valence-corrected chi connectivity index (χ0v) is 12.4. The average molecular weight is 290 g/mol. The first-order chi connectivity index (χ1) is 10.1. The van der Waals surface area contributed by atoms with Crippen molar-refractivity contribution in [2.45, 2.75) is 37.3 Å². The minimum Gasteiger partial charge on any atom is -0.491 e. The molecule has 5 heteroatoms. The molecule has 3 rings (SSSR count). The van der Waals surface area contributed by atoms with Gasteiger partial charge in [-0.3, -0.25) is 4.79 Å². The van der Waals surface area contributed by atoms with Crippen LogP contribution in [0.25, 0.3) is 0 Å². The Kier molecular flexibility index (Phi) is 3.87. The molecule has 3 N–H and O–H groups in total. The maximum atomic E-state index is 12.0. The largest absolute Gasteiger partial charge is 0.491 e. The number of ether oxygens (including phenoxy) is 2. The lowest BCUT2D eigenvalue weighted by molar-refractivity contribution is -0.0816. The van der Waals surface area contributed by atoms with Gasteiger partial charge in [0.25, 0.3) is 5.91 Å². The number of amides is 1. The number of nitrogens with one attached hydrogen (secondary N) is 1. The number of methoxy groups -OCH3 is 1. The highest BCUT2D eigenvalue weighted by molar-refractivity contribution is 5.97. The second-order valence-corrected chi connectivity index (χ2v) is 5.91. The van der Waals surface area contributed by atoms with Crippen molar-refractivity contribution in [1.29, 1.82) is 0 Å². The molecule has 0 aromatic heterocycles. The second-order valence-electron chi connectivity index (χ2n) is 5.91. The first-order valence-electron chi connectivity index (χ1n) is 7.49. The van der Waals surface area contributed by atoms with Gasteiger partial charge in [-0.2, -0.15) is 0 Å². The molecule has 21 heavy (non-hydrogen) atoms. The van der Waals surface area contributed by atoms with Crippen molar-refractivity contribution in [1.82, 2.24) is 5.32 Å². The number of hydrogen-bond acceptors (Lipinski definition) is 4. The van der Waals surface area contributed by atoms with E-state index in [0.717, 1.165) is 24.8 Å². The molecular formula is C16H22N2O3. The molecule has 114 valence electrons. The van der Waals surface area contributed by atoms with E-state index in [2.05, 4.69) is 5.32 Å². The van der Waals surface area contributed by atoms with E-state index in [0.29, 0.717) is 24.5 Å². The zero-order valence-electron chi connectivity index (χ0n) is 12.4. The normalized spacial score (nSPS) is 21.3. The van der Waals surface area contributed by atoms with Gasteiger partial charge in [-0.25, -0.2) is 0 Å². The van der Waals surface area contributed by atoms with Gasteiger partial charge in [0, 0.05) is 13.2 Å². The topological polar surface area (TPSA) is 73.6 Å². The van der Waals surface area contributed by atoms with Crippen LogP contribution in [0.5, 0.6) is 5.75 Å². The van der Waals surface area contributed by atoms with Crippen LogP contribution in [0.3, 0.4) is 0 Å². The predicted octanol–water partition coefficient (Wildman–Crippen LogP) is 1.77. The first kappa shape index (κ1) is 14.4. The monoisotopic (exact) mass is 290 g/mol. The van der Waals surface area contributed by atoms with Gasteiger partial charge in [0.1, 0.15) is 12.4 Å². The summed E-state index contributed by atoms with van der Waals surface area (Å²) in [5.74, 6) is 0.535. The van der Waals surface area contributed by atoms with Gasteiger partial charge >= 0.3 is 0 Å².